The second kappa shape index (κ2) is 8.95. The lowest BCUT2D eigenvalue weighted by atomic mass is 10.1. The van der Waals surface area contributed by atoms with Crippen LogP contribution in [0.3, 0.4) is 0 Å². The maximum Gasteiger partial charge on any atom is 0.238 e. The molecule has 3 nitrogen and oxygen atoms in total. The van der Waals surface area contributed by atoms with Crippen LogP contribution in [0.2, 0.25) is 0 Å². The van der Waals surface area contributed by atoms with Crippen LogP contribution in [0.4, 0.5) is 5.69 Å². The number of aryl methyl sites for hydroxylation is 1. The Morgan fingerprint density at radius 1 is 1.28 bits per heavy atom. The van der Waals surface area contributed by atoms with E-state index in [0.717, 1.165) is 24.2 Å². The highest BCUT2D eigenvalue weighted by Crippen LogP contribution is 2.12. The molecule has 0 aliphatic heterocycles. The van der Waals surface area contributed by atoms with Gasteiger partial charge in [-0.05, 0) is 37.4 Å². The fraction of sp³-hybridized carbons (Fsp3) is 0.500. The third-order valence-corrected chi connectivity index (χ3v) is 2.60. The van der Waals surface area contributed by atoms with Gasteiger partial charge in [-0.25, -0.2) is 0 Å². The third-order valence-electron chi connectivity index (χ3n) is 2.60. The summed E-state index contributed by atoms with van der Waals surface area (Å²) in [5, 5.41) is 6.04. The number of carbonyl (C=O) groups excluding carboxylic acids is 1. The van der Waals surface area contributed by atoms with Gasteiger partial charge in [0.15, 0.2) is 0 Å². The lowest BCUT2D eigenvalue weighted by molar-refractivity contribution is -0.115. The zero-order valence-corrected chi connectivity index (χ0v) is 12.1. The van der Waals surface area contributed by atoms with Gasteiger partial charge in [-0.2, -0.15) is 0 Å². The minimum atomic E-state index is 0. The number of para-hydroxylation sites is 1. The smallest absolute Gasteiger partial charge is 0.238 e. The molecule has 2 N–H and O–H groups in total. The van der Waals surface area contributed by atoms with Crippen molar-refractivity contribution in [2.45, 2.75) is 27.2 Å². The lowest BCUT2D eigenvalue weighted by Crippen LogP contribution is -2.29. The second-order valence-corrected chi connectivity index (χ2v) is 4.72. The first kappa shape index (κ1) is 16.9. The molecule has 0 aromatic heterocycles. The molecular formula is C14H23ClN2O. The molecule has 0 radical (unpaired) electrons. The number of hydrogen-bond acceptors (Lipinski definition) is 2. The van der Waals surface area contributed by atoms with E-state index in [1.54, 1.807) is 0 Å². The number of hydrogen-bond donors (Lipinski definition) is 2. The van der Waals surface area contributed by atoms with Gasteiger partial charge in [0.2, 0.25) is 5.91 Å². The second-order valence-electron chi connectivity index (χ2n) is 4.72. The van der Waals surface area contributed by atoms with Crippen molar-refractivity contribution in [3.8, 4) is 0 Å². The summed E-state index contributed by atoms with van der Waals surface area (Å²) in [4.78, 5) is 11.6. The molecule has 0 atom stereocenters. The van der Waals surface area contributed by atoms with Crippen LogP contribution in [0.5, 0.6) is 0 Å². The Kier molecular flexibility index (Phi) is 8.42. The molecular weight excluding hydrogens is 248 g/mol. The highest BCUT2D eigenvalue weighted by molar-refractivity contribution is 5.92. The fourth-order valence-electron chi connectivity index (χ4n) is 1.50. The molecule has 0 unspecified atom stereocenters. The summed E-state index contributed by atoms with van der Waals surface area (Å²) in [6.45, 7) is 7.60. The summed E-state index contributed by atoms with van der Waals surface area (Å²) in [5.41, 5.74) is 1.98. The van der Waals surface area contributed by atoms with Crippen LogP contribution in [0.1, 0.15) is 25.8 Å². The number of nitrogens with one attached hydrogen (secondary N) is 2. The first-order chi connectivity index (χ1) is 8.09. The Bertz CT molecular complexity index is 367. The number of carbonyl (C=O) groups is 1. The van der Waals surface area contributed by atoms with Crippen molar-refractivity contribution in [1.82, 2.24) is 5.32 Å². The molecule has 0 spiro atoms. The number of amides is 1. The molecule has 1 aromatic carbocycles. The summed E-state index contributed by atoms with van der Waals surface area (Å²) in [6.07, 6.45) is 1.09. The van der Waals surface area contributed by atoms with Crippen molar-refractivity contribution in [1.29, 1.82) is 0 Å². The van der Waals surface area contributed by atoms with Gasteiger partial charge in [-0.1, -0.05) is 32.0 Å². The van der Waals surface area contributed by atoms with Crippen LogP contribution >= 0.6 is 12.4 Å². The Balaban J connectivity index is 0.00000289. The van der Waals surface area contributed by atoms with E-state index in [1.807, 2.05) is 31.2 Å². The van der Waals surface area contributed by atoms with E-state index in [-0.39, 0.29) is 18.3 Å². The van der Waals surface area contributed by atoms with Crippen molar-refractivity contribution in [2.75, 3.05) is 18.4 Å². The van der Waals surface area contributed by atoms with Gasteiger partial charge < -0.3 is 10.6 Å². The quantitative estimate of drug-likeness (QED) is 0.781. The van der Waals surface area contributed by atoms with Crippen LogP contribution in [0.25, 0.3) is 0 Å². The van der Waals surface area contributed by atoms with Crippen LogP contribution < -0.4 is 10.6 Å². The van der Waals surface area contributed by atoms with Crippen LogP contribution in [0.15, 0.2) is 24.3 Å². The summed E-state index contributed by atoms with van der Waals surface area (Å²) in [6, 6.07) is 7.80. The van der Waals surface area contributed by atoms with Crippen molar-refractivity contribution in [3.05, 3.63) is 29.8 Å². The van der Waals surface area contributed by atoms with E-state index >= 15 is 0 Å². The zero-order chi connectivity index (χ0) is 12.7. The van der Waals surface area contributed by atoms with E-state index in [1.165, 1.54) is 0 Å². The molecule has 0 aliphatic rings. The lowest BCUT2D eigenvalue weighted by Gasteiger charge is -2.09. The number of halogens is 1. The Labute approximate surface area is 116 Å². The van der Waals surface area contributed by atoms with Gasteiger partial charge in [-0.15, -0.1) is 12.4 Å². The van der Waals surface area contributed by atoms with E-state index < -0.39 is 0 Å². The minimum absolute atomic E-state index is 0. The van der Waals surface area contributed by atoms with Crippen molar-refractivity contribution < 1.29 is 4.79 Å². The Morgan fingerprint density at radius 3 is 2.56 bits per heavy atom. The van der Waals surface area contributed by atoms with E-state index in [2.05, 4.69) is 24.5 Å². The van der Waals surface area contributed by atoms with Gasteiger partial charge in [-0.3, -0.25) is 4.79 Å². The predicted octanol–water partition coefficient (Wildman–Crippen LogP) is 2.99. The maximum absolute atomic E-state index is 11.6. The standard InChI is InChI=1S/C14H22N2O.ClH/c1-11(2)8-9-15-10-14(17)16-13-7-5-4-6-12(13)3;/h4-7,11,15H,8-10H2,1-3H3,(H,16,17);1H. The fourth-order valence-corrected chi connectivity index (χ4v) is 1.50. The molecule has 4 heteroatoms. The molecule has 1 aromatic rings. The molecule has 0 heterocycles. The first-order valence-corrected chi connectivity index (χ1v) is 6.16. The predicted molar refractivity (Wildman–Crippen MR) is 79.4 cm³/mol. The molecule has 1 amide bonds. The SMILES string of the molecule is Cc1ccccc1NC(=O)CNCCC(C)C.Cl. The first-order valence-electron chi connectivity index (χ1n) is 6.16. The van der Waals surface area contributed by atoms with Crippen LogP contribution in [-0.2, 0) is 4.79 Å². The van der Waals surface area contributed by atoms with Crippen molar-refractivity contribution in [3.63, 3.8) is 0 Å². The molecule has 1 rings (SSSR count). The molecule has 0 bridgehead atoms. The van der Waals surface area contributed by atoms with Crippen molar-refractivity contribution in [2.24, 2.45) is 5.92 Å². The van der Waals surface area contributed by atoms with Crippen molar-refractivity contribution >= 4 is 24.0 Å². The van der Waals surface area contributed by atoms with Gasteiger partial charge >= 0.3 is 0 Å². The summed E-state index contributed by atoms with van der Waals surface area (Å²) in [5.74, 6) is 0.685. The Morgan fingerprint density at radius 2 is 1.94 bits per heavy atom. The summed E-state index contributed by atoms with van der Waals surface area (Å²) < 4.78 is 0. The maximum atomic E-state index is 11.6. The Hall–Kier alpha value is -1.06. The van der Waals surface area contributed by atoms with Crippen LogP contribution in [-0.4, -0.2) is 19.0 Å². The average Bonchev–Trinajstić information content (AvgIpc) is 2.27. The highest BCUT2D eigenvalue weighted by Gasteiger charge is 2.03. The largest absolute Gasteiger partial charge is 0.325 e. The van der Waals surface area contributed by atoms with E-state index in [4.69, 9.17) is 0 Å². The van der Waals surface area contributed by atoms with Gasteiger partial charge in [0.05, 0.1) is 6.54 Å². The number of benzene rings is 1. The number of rotatable bonds is 6. The van der Waals surface area contributed by atoms with Gasteiger partial charge in [0.25, 0.3) is 0 Å². The highest BCUT2D eigenvalue weighted by atomic mass is 35.5. The molecule has 102 valence electrons. The topological polar surface area (TPSA) is 41.1 Å². The normalized spacial score (nSPS) is 10.0. The molecule has 0 fully saturated rings. The van der Waals surface area contributed by atoms with E-state index in [9.17, 15) is 4.79 Å². The summed E-state index contributed by atoms with van der Waals surface area (Å²) >= 11 is 0. The summed E-state index contributed by atoms with van der Waals surface area (Å²) in [7, 11) is 0. The number of anilines is 1. The third kappa shape index (κ3) is 6.62. The molecule has 0 saturated carbocycles. The zero-order valence-electron chi connectivity index (χ0n) is 11.3. The van der Waals surface area contributed by atoms with Crippen LogP contribution in [0, 0.1) is 12.8 Å². The molecule has 0 saturated heterocycles. The molecule has 18 heavy (non-hydrogen) atoms. The van der Waals surface area contributed by atoms with Gasteiger partial charge in [0, 0.05) is 5.69 Å². The molecule has 0 aliphatic carbocycles. The van der Waals surface area contributed by atoms with E-state index in [0.29, 0.717) is 12.5 Å². The minimum Gasteiger partial charge on any atom is -0.325 e. The monoisotopic (exact) mass is 270 g/mol. The average molecular weight is 271 g/mol. The van der Waals surface area contributed by atoms with Gasteiger partial charge in [0.1, 0.15) is 0 Å².